The summed E-state index contributed by atoms with van der Waals surface area (Å²) in [5, 5.41) is 13.9. The van der Waals surface area contributed by atoms with E-state index in [1.54, 1.807) is 25.3 Å². The molecule has 0 saturated carbocycles. The van der Waals surface area contributed by atoms with E-state index in [1.165, 1.54) is 13.2 Å². The van der Waals surface area contributed by atoms with Crippen LogP contribution in [0, 0.1) is 0 Å². The van der Waals surface area contributed by atoms with Crippen molar-refractivity contribution in [3.63, 3.8) is 0 Å². The first-order valence-electron chi connectivity index (χ1n) is 9.33. The van der Waals surface area contributed by atoms with Crippen molar-refractivity contribution < 1.29 is 24.2 Å². The molecule has 0 heterocycles. The summed E-state index contributed by atoms with van der Waals surface area (Å²) in [4.78, 5) is 21.9. The summed E-state index contributed by atoms with van der Waals surface area (Å²) in [6, 6.07) is 23.6. The Bertz CT molecular complexity index is 961. The number of aliphatic carboxylic acids is 1. The molecule has 160 valence electrons. The van der Waals surface area contributed by atoms with Gasteiger partial charge in [-0.25, -0.2) is 9.59 Å². The van der Waals surface area contributed by atoms with Crippen molar-refractivity contribution in [1.29, 1.82) is 0 Å². The maximum Gasteiger partial charge on any atom is 0.328 e. The molecule has 0 spiro atoms. The molecular formula is C24H24N2O5. The molecule has 0 radical (unpaired) electrons. The third kappa shape index (κ3) is 8.33. The van der Waals surface area contributed by atoms with Gasteiger partial charge in [0.2, 0.25) is 0 Å². The molecule has 0 aliphatic rings. The van der Waals surface area contributed by atoms with Gasteiger partial charge in [-0.1, -0.05) is 42.5 Å². The molecule has 3 aromatic rings. The van der Waals surface area contributed by atoms with Crippen LogP contribution in [-0.4, -0.2) is 31.3 Å². The van der Waals surface area contributed by atoms with Gasteiger partial charge in [-0.05, 0) is 48.0 Å². The molecular weight excluding hydrogens is 396 g/mol. The smallest absolute Gasteiger partial charge is 0.328 e. The number of carbonyl (C=O) groups is 2. The zero-order valence-corrected chi connectivity index (χ0v) is 17.2. The van der Waals surface area contributed by atoms with Gasteiger partial charge < -0.3 is 25.2 Å². The number of urea groups is 1. The Kier molecular flexibility index (Phi) is 9.16. The lowest BCUT2D eigenvalue weighted by atomic mass is 10.2. The zero-order valence-electron chi connectivity index (χ0n) is 17.2. The number of methoxy groups -OCH3 is 2. The van der Waals surface area contributed by atoms with Crippen molar-refractivity contribution in [2.45, 2.75) is 0 Å². The fourth-order valence-electron chi connectivity index (χ4n) is 2.46. The first kappa shape index (κ1) is 23.0. The number of carbonyl (C=O) groups excluding carboxylic acids is 1. The molecule has 0 saturated heterocycles. The lowest BCUT2D eigenvalue weighted by Crippen LogP contribution is -2.19. The number of carboxylic acids is 1. The highest BCUT2D eigenvalue weighted by atomic mass is 16.5. The minimum atomic E-state index is -0.982. The van der Waals surface area contributed by atoms with E-state index >= 15 is 0 Å². The van der Waals surface area contributed by atoms with Crippen LogP contribution >= 0.6 is 0 Å². The number of hydrogen-bond donors (Lipinski definition) is 3. The van der Waals surface area contributed by atoms with Crippen LogP contribution in [0.2, 0.25) is 0 Å². The summed E-state index contributed by atoms with van der Waals surface area (Å²) < 4.78 is 10.1. The van der Waals surface area contributed by atoms with Gasteiger partial charge in [0.15, 0.2) is 11.5 Å². The molecule has 7 heteroatoms. The van der Waals surface area contributed by atoms with Gasteiger partial charge in [0.05, 0.1) is 14.2 Å². The van der Waals surface area contributed by atoms with Gasteiger partial charge in [-0.3, -0.25) is 0 Å². The molecule has 7 nitrogen and oxygen atoms in total. The van der Waals surface area contributed by atoms with Gasteiger partial charge in [0, 0.05) is 17.5 Å². The van der Waals surface area contributed by atoms with Crippen LogP contribution in [0.1, 0.15) is 5.56 Å². The Balaban J connectivity index is 0.000000221. The Morgan fingerprint density at radius 3 is 1.74 bits per heavy atom. The first-order valence-corrected chi connectivity index (χ1v) is 9.33. The monoisotopic (exact) mass is 420 g/mol. The lowest BCUT2D eigenvalue weighted by molar-refractivity contribution is -0.131. The largest absolute Gasteiger partial charge is 0.493 e. The van der Waals surface area contributed by atoms with E-state index in [1.807, 2.05) is 60.7 Å². The molecule has 0 unspecified atom stereocenters. The number of nitrogens with one attached hydrogen (secondary N) is 2. The van der Waals surface area contributed by atoms with Gasteiger partial charge in [0.1, 0.15) is 0 Å². The lowest BCUT2D eigenvalue weighted by Gasteiger charge is -2.07. The van der Waals surface area contributed by atoms with Crippen LogP contribution in [0.15, 0.2) is 84.9 Å². The normalized spacial score (nSPS) is 9.87. The Morgan fingerprint density at radius 2 is 1.29 bits per heavy atom. The van der Waals surface area contributed by atoms with Gasteiger partial charge in [-0.15, -0.1) is 0 Å². The highest BCUT2D eigenvalue weighted by Crippen LogP contribution is 2.27. The molecule has 0 aliphatic carbocycles. The number of carboxylic acid groups (broad SMARTS) is 1. The molecule has 2 amide bonds. The van der Waals surface area contributed by atoms with E-state index in [4.69, 9.17) is 14.6 Å². The number of rotatable bonds is 6. The Morgan fingerprint density at radius 1 is 0.774 bits per heavy atom. The molecule has 0 atom stereocenters. The number of ether oxygens (including phenoxy) is 2. The molecule has 0 aliphatic heterocycles. The third-order valence-electron chi connectivity index (χ3n) is 3.89. The summed E-state index contributed by atoms with van der Waals surface area (Å²) in [5.41, 5.74) is 2.29. The fourth-order valence-corrected chi connectivity index (χ4v) is 2.46. The maximum absolute atomic E-state index is 11.6. The van der Waals surface area contributed by atoms with Crippen molar-refractivity contribution in [3.05, 3.63) is 90.5 Å². The van der Waals surface area contributed by atoms with Crippen LogP contribution in [-0.2, 0) is 4.79 Å². The van der Waals surface area contributed by atoms with Gasteiger partial charge >= 0.3 is 12.0 Å². The average Bonchev–Trinajstić information content (AvgIpc) is 2.79. The van der Waals surface area contributed by atoms with Gasteiger partial charge in [0.25, 0.3) is 0 Å². The van der Waals surface area contributed by atoms with E-state index in [0.717, 1.165) is 23.0 Å². The quantitative estimate of drug-likeness (QED) is 0.480. The number of benzene rings is 3. The van der Waals surface area contributed by atoms with Crippen LogP contribution in [0.3, 0.4) is 0 Å². The van der Waals surface area contributed by atoms with Crippen molar-refractivity contribution in [3.8, 4) is 11.5 Å². The average molecular weight is 420 g/mol. The highest BCUT2D eigenvalue weighted by Gasteiger charge is 2.03. The summed E-state index contributed by atoms with van der Waals surface area (Å²) in [5.74, 6) is 0.208. The number of para-hydroxylation sites is 2. The molecule has 3 aromatic carbocycles. The van der Waals surface area contributed by atoms with Crippen molar-refractivity contribution in [2.75, 3.05) is 24.9 Å². The summed E-state index contributed by atoms with van der Waals surface area (Å²) >= 11 is 0. The molecule has 0 aromatic heterocycles. The Hall–Kier alpha value is -4.26. The number of amides is 2. The van der Waals surface area contributed by atoms with Crippen LogP contribution in [0.25, 0.3) is 6.08 Å². The first-order chi connectivity index (χ1) is 15.0. The van der Waals surface area contributed by atoms with Crippen molar-refractivity contribution >= 4 is 29.5 Å². The highest BCUT2D eigenvalue weighted by molar-refractivity contribution is 5.99. The second-order valence-corrected chi connectivity index (χ2v) is 6.10. The van der Waals surface area contributed by atoms with Crippen molar-refractivity contribution in [1.82, 2.24) is 0 Å². The molecule has 3 rings (SSSR count). The van der Waals surface area contributed by atoms with E-state index in [2.05, 4.69) is 10.6 Å². The molecule has 0 bridgehead atoms. The third-order valence-corrected chi connectivity index (χ3v) is 3.89. The summed E-state index contributed by atoms with van der Waals surface area (Å²) in [6.07, 6.45) is 2.56. The second-order valence-electron chi connectivity index (χ2n) is 6.10. The molecule has 31 heavy (non-hydrogen) atoms. The predicted octanol–water partition coefficient (Wildman–Crippen LogP) is 5.13. The topological polar surface area (TPSA) is 96.9 Å². The fraction of sp³-hybridized carbons (Fsp3) is 0.0833. The SMILES string of the molecule is COc1ccc(C=CC(=O)O)cc1OC.O=C(Nc1ccccc1)Nc1ccccc1. The van der Waals surface area contributed by atoms with Gasteiger partial charge in [-0.2, -0.15) is 0 Å². The summed E-state index contributed by atoms with van der Waals surface area (Å²) in [6.45, 7) is 0. The maximum atomic E-state index is 11.6. The number of hydrogen-bond acceptors (Lipinski definition) is 4. The van der Waals surface area contributed by atoms with Crippen LogP contribution in [0.4, 0.5) is 16.2 Å². The Labute approximate surface area is 180 Å². The summed E-state index contributed by atoms with van der Waals surface area (Å²) in [7, 11) is 3.08. The van der Waals surface area contributed by atoms with E-state index < -0.39 is 5.97 Å². The molecule has 0 fully saturated rings. The molecule has 3 N–H and O–H groups in total. The number of anilines is 2. The van der Waals surface area contributed by atoms with Crippen LogP contribution < -0.4 is 20.1 Å². The minimum absolute atomic E-state index is 0.239. The van der Waals surface area contributed by atoms with Crippen LogP contribution in [0.5, 0.6) is 11.5 Å². The second kappa shape index (κ2) is 12.3. The van der Waals surface area contributed by atoms with E-state index in [-0.39, 0.29) is 6.03 Å². The van der Waals surface area contributed by atoms with E-state index in [0.29, 0.717) is 11.5 Å². The van der Waals surface area contributed by atoms with Crippen molar-refractivity contribution in [2.24, 2.45) is 0 Å². The van der Waals surface area contributed by atoms with E-state index in [9.17, 15) is 9.59 Å². The standard InChI is InChI=1S/C13H12N2O.C11H12O4/c16-13(14-11-7-3-1-4-8-11)15-12-9-5-2-6-10-12;1-14-9-5-3-8(4-6-11(12)13)7-10(9)15-2/h1-10H,(H2,14,15,16);3-7H,1-2H3,(H,12,13). The predicted molar refractivity (Wildman–Crippen MR) is 122 cm³/mol. The zero-order chi connectivity index (χ0) is 22.5. The minimum Gasteiger partial charge on any atom is -0.493 e.